The van der Waals surface area contributed by atoms with Gasteiger partial charge < -0.3 is 20.5 Å². The zero-order chi connectivity index (χ0) is 14.8. The number of nitrogens with one attached hydrogen (secondary N) is 1. The lowest BCUT2D eigenvalue weighted by Crippen LogP contribution is -2.52. The Morgan fingerprint density at radius 3 is 2.90 bits per heavy atom. The first-order valence-electron chi connectivity index (χ1n) is 6.79. The summed E-state index contributed by atoms with van der Waals surface area (Å²) in [6.07, 6.45) is 0.0230. The molecule has 3 N–H and O–H groups in total. The Kier molecular flexibility index (Phi) is 4.30. The van der Waals surface area contributed by atoms with Gasteiger partial charge in [0, 0.05) is 18.7 Å². The van der Waals surface area contributed by atoms with E-state index in [0.29, 0.717) is 12.2 Å². The van der Waals surface area contributed by atoms with E-state index in [0.717, 1.165) is 24.4 Å². The van der Waals surface area contributed by atoms with Crippen molar-refractivity contribution in [3.05, 3.63) is 29.3 Å². The molecule has 1 aliphatic heterocycles. The number of hydrogen-bond acceptors (Lipinski definition) is 4. The van der Waals surface area contributed by atoms with Crippen molar-refractivity contribution in [2.75, 3.05) is 19.7 Å². The van der Waals surface area contributed by atoms with E-state index in [1.807, 2.05) is 13.0 Å². The summed E-state index contributed by atoms with van der Waals surface area (Å²) < 4.78 is 11.7. The van der Waals surface area contributed by atoms with Crippen LogP contribution >= 0.6 is 0 Å². The largest absolute Gasteiger partial charge is 0.491 e. The molecule has 0 radical (unpaired) electrons. The molecular weight excluding hydrogens is 256 g/mol. The van der Waals surface area contributed by atoms with E-state index in [2.05, 4.69) is 19.2 Å². The maximum Gasteiger partial charge on any atom is 0.248 e. The Labute approximate surface area is 119 Å². The fourth-order valence-electron chi connectivity index (χ4n) is 2.35. The van der Waals surface area contributed by atoms with Gasteiger partial charge in [0.2, 0.25) is 5.91 Å². The second kappa shape index (κ2) is 5.81. The van der Waals surface area contributed by atoms with Crippen molar-refractivity contribution in [2.45, 2.75) is 32.5 Å². The number of aryl methyl sites for hydroxylation is 1. The number of carbonyl (C=O) groups excluding carboxylic acids is 1. The molecule has 1 aromatic carbocycles. The van der Waals surface area contributed by atoms with Gasteiger partial charge in [-0.1, -0.05) is 0 Å². The minimum Gasteiger partial charge on any atom is -0.491 e. The van der Waals surface area contributed by atoms with Gasteiger partial charge in [0.25, 0.3) is 0 Å². The van der Waals surface area contributed by atoms with Crippen molar-refractivity contribution in [1.29, 1.82) is 0 Å². The average molecular weight is 278 g/mol. The number of morpholine rings is 1. The summed E-state index contributed by atoms with van der Waals surface area (Å²) in [5.41, 5.74) is 6.45. The maximum absolute atomic E-state index is 11.2. The number of nitrogens with two attached hydrogens (primary N) is 1. The number of benzene rings is 1. The van der Waals surface area contributed by atoms with Gasteiger partial charge in [-0.3, -0.25) is 4.79 Å². The highest BCUT2D eigenvalue weighted by atomic mass is 16.5. The molecule has 1 saturated heterocycles. The molecule has 0 aliphatic carbocycles. The van der Waals surface area contributed by atoms with Crippen LogP contribution in [0.2, 0.25) is 0 Å². The van der Waals surface area contributed by atoms with Crippen molar-refractivity contribution in [2.24, 2.45) is 5.73 Å². The predicted octanol–water partition coefficient (Wildman–Crippen LogP) is 1.24. The second-order valence-electron chi connectivity index (χ2n) is 5.78. The molecule has 1 aromatic rings. The van der Waals surface area contributed by atoms with E-state index >= 15 is 0 Å². The second-order valence-corrected chi connectivity index (χ2v) is 5.78. The summed E-state index contributed by atoms with van der Waals surface area (Å²) in [6.45, 7) is 8.05. The summed E-state index contributed by atoms with van der Waals surface area (Å²) in [4.78, 5) is 11.2. The first kappa shape index (κ1) is 14.8. The molecule has 5 nitrogen and oxygen atoms in total. The normalized spacial score (nSPS) is 21.4. The number of amides is 1. The standard InChI is InChI=1S/C15H22N2O3/c1-10-6-11(4-5-13(10)14(16)18)19-8-12-7-17-9-15(2,3)20-12/h4-6,12,17H,7-9H2,1-3H3,(H2,16,18). The Morgan fingerprint density at radius 2 is 2.30 bits per heavy atom. The molecule has 0 aromatic heterocycles. The molecule has 1 amide bonds. The van der Waals surface area contributed by atoms with Crippen molar-refractivity contribution in [1.82, 2.24) is 5.32 Å². The van der Waals surface area contributed by atoms with Crippen molar-refractivity contribution >= 4 is 5.91 Å². The summed E-state index contributed by atoms with van der Waals surface area (Å²) in [5, 5.41) is 3.33. The minimum absolute atomic E-state index is 0.0230. The van der Waals surface area contributed by atoms with Crippen molar-refractivity contribution in [3.63, 3.8) is 0 Å². The number of carbonyl (C=O) groups is 1. The first-order valence-corrected chi connectivity index (χ1v) is 6.79. The van der Waals surface area contributed by atoms with E-state index in [4.69, 9.17) is 15.2 Å². The number of primary amides is 1. The Bertz CT molecular complexity index is 500. The molecule has 0 saturated carbocycles. The topological polar surface area (TPSA) is 73.6 Å². The molecule has 0 bridgehead atoms. The zero-order valence-electron chi connectivity index (χ0n) is 12.2. The lowest BCUT2D eigenvalue weighted by molar-refractivity contribution is -0.107. The van der Waals surface area contributed by atoms with Crippen LogP contribution in [0, 0.1) is 6.92 Å². The van der Waals surface area contributed by atoms with Crippen LogP contribution in [0.4, 0.5) is 0 Å². The van der Waals surface area contributed by atoms with Gasteiger partial charge in [0.15, 0.2) is 0 Å². The molecule has 20 heavy (non-hydrogen) atoms. The number of ether oxygens (including phenoxy) is 2. The lowest BCUT2D eigenvalue weighted by Gasteiger charge is -2.36. The van der Waals surface area contributed by atoms with Gasteiger partial charge in [-0.25, -0.2) is 0 Å². The van der Waals surface area contributed by atoms with E-state index in [1.54, 1.807) is 12.1 Å². The summed E-state index contributed by atoms with van der Waals surface area (Å²) in [7, 11) is 0. The third kappa shape index (κ3) is 3.71. The van der Waals surface area contributed by atoms with Gasteiger partial charge in [0.1, 0.15) is 18.5 Å². The quantitative estimate of drug-likeness (QED) is 0.869. The molecule has 5 heteroatoms. The van der Waals surface area contributed by atoms with Gasteiger partial charge in [0.05, 0.1) is 5.60 Å². The van der Waals surface area contributed by atoms with Crippen LogP contribution in [-0.4, -0.2) is 37.3 Å². The molecule has 1 unspecified atom stereocenters. The van der Waals surface area contributed by atoms with Gasteiger partial charge in [-0.2, -0.15) is 0 Å². The van der Waals surface area contributed by atoms with Crippen LogP contribution < -0.4 is 15.8 Å². The molecule has 1 aliphatic rings. The highest BCUT2D eigenvalue weighted by Crippen LogP contribution is 2.19. The van der Waals surface area contributed by atoms with Crippen LogP contribution in [-0.2, 0) is 4.74 Å². The summed E-state index contributed by atoms with van der Waals surface area (Å²) in [6, 6.07) is 5.27. The fourth-order valence-corrected chi connectivity index (χ4v) is 2.35. The summed E-state index contributed by atoms with van der Waals surface area (Å²) in [5.74, 6) is 0.301. The van der Waals surface area contributed by atoms with Gasteiger partial charge in [-0.15, -0.1) is 0 Å². The van der Waals surface area contributed by atoms with Crippen LogP contribution in [0.5, 0.6) is 5.75 Å². The summed E-state index contributed by atoms with van der Waals surface area (Å²) >= 11 is 0. The molecular formula is C15H22N2O3. The first-order chi connectivity index (χ1) is 9.37. The Hall–Kier alpha value is -1.59. The monoisotopic (exact) mass is 278 g/mol. The number of hydrogen-bond donors (Lipinski definition) is 2. The maximum atomic E-state index is 11.2. The highest BCUT2D eigenvalue weighted by molar-refractivity contribution is 5.94. The van der Waals surface area contributed by atoms with Crippen LogP contribution in [0.1, 0.15) is 29.8 Å². The predicted molar refractivity (Wildman–Crippen MR) is 77.0 cm³/mol. The highest BCUT2D eigenvalue weighted by Gasteiger charge is 2.28. The molecule has 110 valence electrons. The molecule has 2 rings (SSSR count). The molecule has 1 fully saturated rings. The van der Waals surface area contributed by atoms with Gasteiger partial charge in [-0.05, 0) is 44.5 Å². The van der Waals surface area contributed by atoms with Crippen LogP contribution in [0.3, 0.4) is 0 Å². The minimum atomic E-state index is -0.421. The van der Waals surface area contributed by atoms with E-state index in [-0.39, 0.29) is 11.7 Å². The third-order valence-corrected chi connectivity index (χ3v) is 3.31. The Morgan fingerprint density at radius 1 is 1.55 bits per heavy atom. The van der Waals surface area contributed by atoms with Gasteiger partial charge >= 0.3 is 0 Å². The van der Waals surface area contributed by atoms with Crippen molar-refractivity contribution in [3.8, 4) is 5.75 Å². The molecule has 1 atom stereocenters. The van der Waals surface area contributed by atoms with Crippen molar-refractivity contribution < 1.29 is 14.3 Å². The Balaban J connectivity index is 1.94. The van der Waals surface area contributed by atoms with E-state index < -0.39 is 5.91 Å². The van der Waals surface area contributed by atoms with E-state index in [1.165, 1.54) is 0 Å². The average Bonchev–Trinajstić information content (AvgIpc) is 2.35. The van der Waals surface area contributed by atoms with Crippen LogP contribution in [0.15, 0.2) is 18.2 Å². The SMILES string of the molecule is Cc1cc(OCC2CNCC(C)(C)O2)ccc1C(N)=O. The number of rotatable bonds is 4. The lowest BCUT2D eigenvalue weighted by atomic mass is 10.1. The zero-order valence-corrected chi connectivity index (χ0v) is 12.2. The van der Waals surface area contributed by atoms with E-state index in [9.17, 15) is 4.79 Å². The van der Waals surface area contributed by atoms with Crippen LogP contribution in [0.25, 0.3) is 0 Å². The molecule has 0 spiro atoms. The smallest absolute Gasteiger partial charge is 0.248 e. The fraction of sp³-hybridized carbons (Fsp3) is 0.533. The molecule has 1 heterocycles. The third-order valence-electron chi connectivity index (χ3n) is 3.31.